The summed E-state index contributed by atoms with van der Waals surface area (Å²) in [6, 6.07) is 7.51. The van der Waals surface area contributed by atoms with Crippen LogP contribution >= 0.6 is 0 Å². The molecule has 0 saturated heterocycles. The Labute approximate surface area is 169 Å². The molecular weight excluding hydrogens is 348 g/mol. The Morgan fingerprint density at radius 3 is 1.57 bits per heavy atom. The Hall–Kier alpha value is -1.84. The molecule has 154 valence electrons. The van der Waals surface area contributed by atoms with E-state index in [1.807, 2.05) is 24.3 Å². The smallest absolute Gasteiger partial charge is 0.224 e. The van der Waals surface area contributed by atoms with E-state index >= 15 is 0 Å². The summed E-state index contributed by atoms with van der Waals surface area (Å²) in [6.45, 7) is 0. The van der Waals surface area contributed by atoms with Crippen molar-refractivity contribution in [3.63, 3.8) is 0 Å². The molecule has 2 amide bonds. The molecule has 0 radical (unpaired) electrons. The second kappa shape index (κ2) is 11.2. The predicted octanol–water partition coefficient (Wildman–Crippen LogP) is 6.28. The van der Waals surface area contributed by atoms with Crippen molar-refractivity contribution in [1.82, 2.24) is 0 Å². The molecule has 28 heavy (non-hydrogen) atoms. The first kappa shape index (κ1) is 20.9. The highest BCUT2D eigenvalue weighted by molar-refractivity contribution is 5.94. The van der Waals surface area contributed by atoms with Crippen molar-refractivity contribution >= 4 is 23.2 Å². The molecular formula is C24H36N2O2. The van der Waals surface area contributed by atoms with Crippen molar-refractivity contribution in [3.05, 3.63) is 24.3 Å². The summed E-state index contributed by atoms with van der Waals surface area (Å²) in [4.78, 5) is 24.5. The largest absolute Gasteiger partial charge is 0.326 e. The monoisotopic (exact) mass is 384 g/mol. The highest BCUT2D eigenvalue weighted by Gasteiger charge is 2.16. The summed E-state index contributed by atoms with van der Waals surface area (Å²) in [7, 11) is 0. The van der Waals surface area contributed by atoms with E-state index < -0.39 is 0 Å². The number of nitrogens with one attached hydrogen (secondary N) is 2. The van der Waals surface area contributed by atoms with E-state index in [4.69, 9.17) is 0 Å². The number of benzene rings is 1. The SMILES string of the molecule is O=C(CCC1CCCCC1)Nc1cccc(NC(=O)CCC2CCCCC2)c1. The first-order valence-corrected chi connectivity index (χ1v) is 11.4. The second-order valence-electron chi connectivity index (χ2n) is 8.76. The maximum Gasteiger partial charge on any atom is 0.224 e. The summed E-state index contributed by atoms with van der Waals surface area (Å²) < 4.78 is 0. The van der Waals surface area contributed by atoms with E-state index in [0.717, 1.165) is 24.2 Å². The van der Waals surface area contributed by atoms with Crippen molar-refractivity contribution in [2.45, 2.75) is 89.9 Å². The van der Waals surface area contributed by atoms with Gasteiger partial charge in [0.2, 0.25) is 11.8 Å². The Morgan fingerprint density at radius 2 is 1.14 bits per heavy atom. The number of anilines is 2. The van der Waals surface area contributed by atoms with Crippen molar-refractivity contribution in [2.75, 3.05) is 10.6 Å². The summed E-state index contributed by atoms with van der Waals surface area (Å²) in [5, 5.41) is 5.98. The van der Waals surface area contributed by atoms with Gasteiger partial charge in [-0.1, -0.05) is 70.3 Å². The van der Waals surface area contributed by atoms with Crippen LogP contribution in [0.5, 0.6) is 0 Å². The van der Waals surface area contributed by atoms with Gasteiger partial charge in [0, 0.05) is 24.2 Å². The fourth-order valence-electron chi connectivity index (χ4n) is 4.74. The lowest BCUT2D eigenvalue weighted by Gasteiger charge is -2.21. The van der Waals surface area contributed by atoms with E-state index in [-0.39, 0.29) is 11.8 Å². The lowest BCUT2D eigenvalue weighted by molar-refractivity contribution is -0.117. The van der Waals surface area contributed by atoms with E-state index in [2.05, 4.69) is 10.6 Å². The lowest BCUT2D eigenvalue weighted by atomic mass is 9.86. The minimum Gasteiger partial charge on any atom is -0.326 e. The molecule has 2 aliphatic rings. The average molecular weight is 385 g/mol. The molecule has 4 heteroatoms. The molecule has 0 aliphatic heterocycles. The van der Waals surface area contributed by atoms with Gasteiger partial charge < -0.3 is 10.6 Å². The van der Waals surface area contributed by atoms with Crippen LogP contribution < -0.4 is 10.6 Å². The third-order valence-corrected chi connectivity index (χ3v) is 6.44. The van der Waals surface area contributed by atoms with Crippen molar-refractivity contribution in [3.8, 4) is 0 Å². The first-order valence-electron chi connectivity index (χ1n) is 11.4. The number of hydrogen-bond acceptors (Lipinski definition) is 2. The number of rotatable bonds is 8. The normalized spacial score (nSPS) is 18.6. The highest BCUT2D eigenvalue weighted by Crippen LogP contribution is 2.28. The number of carbonyl (C=O) groups excluding carboxylic acids is 2. The second-order valence-corrected chi connectivity index (χ2v) is 8.76. The average Bonchev–Trinajstić information content (AvgIpc) is 2.72. The molecule has 0 atom stereocenters. The minimum absolute atomic E-state index is 0.0753. The van der Waals surface area contributed by atoms with Crippen LogP contribution in [0.3, 0.4) is 0 Å². The van der Waals surface area contributed by atoms with Crippen LogP contribution in [0.15, 0.2) is 24.3 Å². The zero-order chi connectivity index (χ0) is 19.6. The fourth-order valence-corrected chi connectivity index (χ4v) is 4.74. The molecule has 0 bridgehead atoms. The van der Waals surface area contributed by atoms with Gasteiger partial charge in [-0.05, 0) is 42.9 Å². The topological polar surface area (TPSA) is 58.2 Å². The number of hydrogen-bond donors (Lipinski definition) is 2. The van der Waals surface area contributed by atoms with Gasteiger partial charge >= 0.3 is 0 Å². The van der Waals surface area contributed by atoms with E-state index in [1.54, 1.807) is 0 Å². The van der Waals surface area contributed by atoms with E-state index in [9.17, 15) is 9.59 Å². The Morgan fingerprint density at radius 1 is 0.714 bits per heavy atom. The van der Waals surface area contributed by atoms with Gasteiger partial charge in [0.1, 0.15) is 0 Å². The molecule has 0 unspecified atom stereocenters. The highest BCUT2D eigenvalue weighted by atomic mass is 16.2. The first-order chi connectivity index (χ1) is 13.7. The third kappa shape index (κ3) is 7.29. The van der Waals surface area contributed by atoms with Crippen LogP contribution in [0.25, 0.3) is 0 Å². The van der Waals surface area contributed by atoms with Gasteiger partial charge in [0.15, 0.2) is 0 Å². The molecule has 2 fully saturated rings. The Kier molecular flexibility index (Phi) is 8.38. The zero-order valence-electron chi connectivity index (χ0n) is 17.2. The maximum atomic E-state index is 12.3. The van der Waals surface area contributed by atoms with Crippen molar-refractivity contribution in [2.24, 2.45) is 11.8 Å². The molecule has 2 N–H and O–H groups in total. The van der Waals surface area contributed by atoms with Gasteiger partial charge in [-0.3, -0.25) is 9.59 Å². The Bertz CT molecular complexity index is 580. The molecule has 1 aromatic rings. The molecule has 0 heterocycles. The van der Waals surface area contributed by atoms with Gasteiger partial charge in [-0.15, -0.1) is 0 Å². The molecule has 3 rings (SSSR count). The molecule has 4 nitrogen and oxygen atoms in total. The minimum atomic E-state index is 0.0753. The van der Waals surface area contributed by atoms with Crippen LogP contribution in [-0.4, -0.2) is 11.8 Å². The van der Waals surface area contributed by atoms with Gasteiger partial charge in [-0.25, -0.2) is 0 Å². The van der Waals surface area contributed by atoms with E-state index in [0.29, 0.717) is 24.7 Å². The predicted molar refractivity (Wildman–Crippen MR) is 115 cm³/mol. The standard InChI is InChI=1S/C24H36N2O2/c27-23(16-14-19-8-3-1-4-9-19)25-21-12-7-13-22(18-21)26-24(28)17-15-20-10-5-2-6-11-20/h7,12-13,18-20H,1-6,8-11,14-17H2,(H,25,27)(H,26,28). The summed E-state index contributed by atoms with van der Waals surface area (Å²) in [5.74, 6) is 1.58. The summed E-state index contributed by atoms with van der Waals surface area (Å²) >= 11 is 0. The van der Waals surface area contributed by atoms with Crippen LogP contribution in [0.4, 0.5) is 11.4 Å². The van der Waals surface area contributed by atoms with E-state index in [1.165, 1.54) is 64.2 Å². The fraction of sp³-hybridized carbons (Fsp3) is 0.667. The van der Waals surface area contributed by atoms with Gasteiger partial charge in [-0.2, -0.15) is 0 Å². The maximum absolute atomic E-state index is 12.3. The summed E-state index contributed by atoms with van der Waals surface area (Å²) in [6.07, 6.45) is 16.2. The Balaban J connectivity index is 1.39. The van der Waals surface area contributed by atoms with Gasteiger partial charge in [0.05, 0.1) is 0 Å². The molecule has 0 aromatic heterocycles. The van der Waals surface area contributed by atoms with Crippen LogP contribution in [0.1, 0.15) is 89.9 Å². The van der Waals surface area contributed by atoms with Gasteiger partial charge in [0.25, 0.3) is 0 Å². The summed E-state index contributed by atoms with van der Waals surface area (Å²) in [5.41, 5.74) is 1.53. The van der Waals surface area contributed by atoms with Crippen molar-refractivity contribution < 1.29 is 9.59 Å². The number of carbonyl (C=O) groups is 2. The van der Waals surface area contributed by atoms with Crippen LogP contribution in [0.2, 0.25) is 0 Å². The number of amides is 2. The molecule has 1 aromatic carbocycles. The van der Waals surface area contributed by atoms with Crippen LogP contribution in [0, 0.1) is 11.8 Å². The molecule has 0 spiro atoms. The van der Waals surface area contributed by atoms with Crippen molar-refractivity contribution in [1.29, 1.82) is 0 Å². The van der Waals surface area contributed by atoms with Crippen LogP contribution in [-0.2, 0) is 9.59 Å². The third-order valence-electron chi connectivity index (χ3n) is 6.44. The lowest BCUT2D eigenvalue weighted by Crippen LogP contribution is -2.16. The quantitative estimate of drug-likeness (QED) is 0.554. The molecule has 2 saturated carbocycles. The molecule has 2 aliphatic carbocycles. The zero-order valence-corrected chi connectivity index (χ0v) is 17.2.